The molecular formula is C18H26O3. The summed E-state index contributed by atoms with van der Waals surface area (Å²) in [6, 6.07) is 8.55. The maximum absolute atomic E-state index is 5.93. The lowest BCUT2D eigenvalue weighted by molar-refractivity contribution is -0.0762. The van der Waals surface area contributed by atoms with Gasteiger partial charge in [-0.3, -0.25) is 0 Å². The molecule has 3 nitrogen and oxygen atoms in total. The van der Waals surface area contributed by atoms with Gasteiger partial charge < -0.3 is 14.2 Å². The Morgan fingerprint density at radius 1 is 1.29 bits per heavy atom. The van der Waals surface area contributed by atoms with Crippen LogP contribution in [0.4, 0.5) is 0 Å². The van der Waals surface area contributed by atoms with E-state index < -0.39 is 0 Å². The predicted molar refractivity (Wildman–Crippen MR) is 84.2 cm³/mol. The molecule has 0 aliphatic heterocycles. The fraction of sp³-hybridized carbons (Fsp3) is 0.556. The van der Waals surface area contributed by atoms with Crippen LogP contribution in [0.5, 0.6) is 0 Å². The van der Waals surface area contributed by atoms with E-state index in [1.807, 2.05) is 7.11 Å². The van der Waals surface area contributed by atoms with Gasteiger partial charge in [-0.15, -0.1) is 6.58 Å². The molecule has 0 bridgehead atoms. The van der Waals surface area contributed by atoms with Crippen molar-refractivity contribution in [1.29, 1.82) is 0 Å². The van der Waals surface area contributed by atoms with Crippen molar-refractivity contribution in [2.24, 2.45) is 0 Å². The van der Waals surface area contributed by atoms with Crippen LogP contribution < -0.4 is 0 Å². The number of benzene rings is 1. The molecular weight excluding hydrogens is 264 g/mol. The van der Waals surface area contributed by atoms with Gasteiger partial charge in [0.1, 0.15) is 0 Å². The molecule has 1 aliphatic rings. The molecule has 2 rings (SSSR count). The highest BCUT2D eigenvalue weighted by molar-refractivity contribution is 5.29. The zero-order chi connectivity index (χ0) is 15.1. The molecule has 0 atom stereocenters. The molecule has 1 aromatic carbocycles. The predicted octanol–water partition coefficient (Wildman–Crippen LogP) is 3.82. The SMILES string of the molecule is C=CCOCc1cccc([C@]2(OC)CC[C@H](OC)CC2)c1. The molecule has 0 radical (unpaired) electrons. The summed E-state index contributed by atoms with van der Waals surface area (Å²) >= 11 is 0. The molecule has 0 spiro atoms. The van der Waals surface area contributed by atoms with Crippen LogP contribution in [-0.4, -0.2) is 26.9 Å². The van der Waals surface area contributed by atoms with Crippen LogP contribution in [0.15, 0.2) is 36.9 Å². The Morgan fingerprint density at radius 2 is 2.05 bits per heavy atom. The van der Waals surface area contributed by atoms with E-state index >= 15 is 0 Å². The first-order valence-electron chi connectivity index (χ1n) is 7.60. The molecule has 116 valence electrons. The van der Waals surface area contributed by atoms with Crippen LogP contribution in [0.3, 0.4) is 0 Å². The molecule has 0 saturated heterocycles. The van der Waals surface area contributed by atoms with Gasteiger partial charge in [0.2, 0.25) is 0 Å². The minimum atomic E-state index is -0.177. The highest BCUT2D eigenvalue weighted by Gasteiger charge is 2.37. The smallest absolute Gasteiger partial charge is 0.0929 e. The molecule has 0 N–H and O–H groups in total. The summed E-state index contributed by atoms with van der Waals surface area (Å²) in [6.45, 7) is 4.86. The van der Waals surface area contributed by atoms with E-state index in [0.717, 1.165) is 25.7 Å². The molecule has 0 aromatic heterocycles. The first-order valence-corrected chi connectivity index (χ1v) is 7.60. The van der Waals surface area contributed by atoms with Gasteiger partial charge in [0.05, 0.1) is 24.9 Å². The van der Waals surface area contributed by atoms with Gasteiger partial charge in [-0.2, -0.15) is 0 Å². The topological polar surface area (TPSA) is 27.7 Å². The van der Waals surface area contributed by atoms with Gasteiger partial charge >= 0.3 is 0 Å². The normalized spacial score (nSPS) is 25.7. The summed E-state index contributed by atoms with van der Waals surface area (Å²) in [4.78, 5) is 0. The van der Waals surface area contributed by atoms with Crippen molar-refractivity contribution in [3.8, 4) is 0 Å². The van der Waals surface area contributed by atoms with Gasteiger partial charge in [-0.25, -0.2) is 0 Å². The third-order valence-corrected chi connectivity index (χ3v) is 4.42. The Hall–Kier alpha value is -1.16. The molecule has 0 unspecified atom stereocenters. The van der Waals surface area contributed by atoms with E-state index in [1.54, 1.807) is 13.2 Å². The van der Waals surface area contributed by atoms with E-state index in [4.69, 9.17) is 14.2 Å². The standard InChI is InChI=1S/C18H26O3/c1-4-12-21-14-15-6-5-7-16(13-15)18(20-3)10-8-17(19-2)9-11-18/h4-7,13,17H,1,8-12,14H2,2-3H3/t17-,18-. The lowest BCUT2D eigenvalue weighted by Gasteiger charge is -2.39. The highest BCUT2D eigenvalue weighted by atomic mass is 16.5. The largest absolute Gasteiger partial charge is 0.381 e. The summed E-state index contributed by atoms with van der Waals surface area (Å²) in [5.74, 6) is 0. The van der Waals surface area contributed by atoms with Crippen molar-refractivity contribution in [2.45, 2.75) is 44.0 Å². The number of hydrogen-bond donors (Lipinski definition) is 0. The van der Waals surface area contributed by atoms with Gasteiger partial charge in [-0.1, -0.05) is 30.3 Å². The van der Waals surface area contributed by atoms with Gasteiger partial charge in [-0.05, 0) is 36.8 Å². The second-order valence-corrected chi connectivity index (χ2v) is 5.64. The molecule has 1 fully saturated rings. The van der Waals surface area contributed by atoms with Crippen molar-refractivity contribution in [3.05, 3.63) is 48.0 Å². The summed E-state index contributed by atoms with van der Waals surface area (Å²) < 4.78 is 16.9. The van der Waals surface area contributed by atoms with Crippen LogP contribution >= 0.6 is 0 Å². The third kappa shape index (κ3) is 3.94. The fourth-order valence-electron chi connectivity index (χ4n) is 3.11. The lowest BCUT2D eigenvalue weighted by Crippen LogP contribution is -2.36. The minimum absolute atomic E-state index is 0.177. The van der Waals surface area contributed by atoms with Crippen LogP contribution in [-0.2, 0) is 26.4 Å². The lowest BCUT2D eigenvalue weighted by atomic mass is 9.78. The molecule has 0 amide bonds. The summed E-state index contributed by atoms with van der Waals surface area (Å²) in [5.41, 5.74) is 2.25. The zero-order valence-electron chi connectivity index (χ0n) is 13.1. The second kappa shape index (κ2) is 7.74. The van der Waals surface area contributed by atoms with E-state index in [-0.39, 0.29) is 5.60 Å². The molecule has 1 aliphatic carbocycles. The van der Waals surface area contributed by atoms with Crippen molar-refractivity contribution in [1.82, 2.24) is 0 Å². The number of rotatable bonds is 7. The number of ether oxygens (including phenoxy) is 3. The van der Waals surface area contributed by atoms with E-state index in [2.05, 4.69) is 30.8 Å². The number of methoxy groups -OCH3 is 2. The van der Waals surface area contributed by atoms with Gasteiger partial charge in [0.25, 0.3) is 0 Å². The Kier molecular flexibility index (Phi) is 5.97. The second-order valence-electron chi connectivity index (χ2n) is 5.64. The Morgan fingerprint density at radius 3 is 2.67 bits per heavy atom. The minimum Gasteiger partial charge on any atom is -0.381 e. The van der Waals surface area contributed by atoms with Crippen molar-refractivity contribution in [3.63, 3.8) is 0 Å². The zero-order valence-corrected chi connectivity index (χ0v) is 13.1. The quantitative estimate of drug-likeness (QED) is 0.564. The van der Waals surface area contributed by atoms with Crippen molar-refractivity contribution < 1.29 is 14.2 Å². The molecule has 21 heavy (non-hydrogen) atoms. The summed E-state index contributed by atoms with van der Waals surface area (Å²) in [7, 11) is 3.61. The maximum atomic E-state index is 5.93. The van der Waals surface area contributed by atoms with Crippen LogP contribution in [0.1, 0.15) is 36.8 Å². The Bertz CT molecular complexity index is 448. The molecule has 1 saturated carbocycles. The van der Waals surface area contributed by atoms with Gasteiger partial charge in [0.15, 0.2) is 0 Å². The first kappa shape index (κ1) is 16.2. The summed E-state index contributed by atoms with van der Waals surface area (Å²) in [6.07, 6.45) is 6.22. The van der Waals surface area contributed by atoms with Crippen LogP contribution in [0.25, 0.3) is 0 Å². The molecule has 1 aromatic rings. The Labute approximate surface area is 127 Å². The average Bonchev–Trinajstić information content (AvgIpc) is 2.55. The van der Waals surface area contributed by atoms with Crippen LogP contribution in [0, 0.1) is 0 Å². The van der Waals surface area contributed by atoms with Crippen molar-refractivity contribution in [2.75, 3.05) is 20.8 Å². The number of hydrogen-bond acceptors (Lipinski definition) is 3. The highest BCUT2D eigenvalue weighted by Crippen LogP contribution is 2.41. The fourth-order valence-corrected chi connectivity index (χ4v) is 3.11. The van der Waals surface area contributed by atoms with E-state index in [1.165, 1.54) is 11.1 Å². The van der Waals surface area contributed by atoms with E-state index in [0.29, 0.717) is 19.3 Å². The van der Waals surface area contributed by atoms with Gasteiger partial charge in [0, 0.05) is 14.2 Å². The maximum Gasteiger partial charge on any atom is 0.0929 e. The first-order chi connectivity index (χ1) is 10.2. The summed E-state index contributed by atoms with van der Waals surface area (Å²) in [5, 5.41) is 0. The monoisotopic (exact) mass is 290 g/mol. The average molecular weight is 290 g/mol. The third-order valence-electron chi connectivity index (χ3n) is 4.42. The Balaban J connectivity index is 2.11. The molecule has 0 heterocycles. The van der Waals surface area contributed by atoms with Crippen molar-refractivity contribution >= 4 is 0 Å². The van der Waals surface area contributed by atoms with E-state index in [9.17, 15) is 0 Å². The van der Waals surface area contributed by atoms with Crippen LogP contribution in [0.2, 0.25) is 0 Å². The molecule has 3 heteroatoms.